The zero-order chi connectivity index (χ0) is 15.8. The van der Waals surface area contributed by atoms with Gasteiger partial charge in [-0.3, -0.25) is 9.59 Å². The summed E-state index contributed by atoms with van der Waals surface area (Å²) >= 11 is 5.94. The van der Waals surface area contributed by atoms with Crippen LogP contribution in [0.3, 0.4) is 0 Å². The van der Waals surface area contributed by atoms with Crippen LogP contribution in [-0.2, 0) is 4.79 Å². The van der Waals surface area contributed by atoms with E-state index in [0.29, 0.717) is 29.2 Å². The Kier molecular flexibility index (Phi) is 7.19. The van der Waals surface area contributed by atoms with Gasteiger partial charge in [-0.2, -0.15) is 0 Å². The van der Waals surface area contributed by atoms with Crippen LogP contribution in [0.25, 0.3) is 0 Å². The molecule has 21 heavy (non-hydrogen) atoms. The first-order valence-corrected chi connectivity index (χ1v) is 7.51. The van der Waals surface area contributed by atoms with Gasteiger partial charge in [0, 0.05) is 11.6 Å². The molecule has 0 bridgehead atoms. The van der Waals surface area contributed by atoms with Gasteiger partial charge in [-0.05, 0) is 31.0 Å². The van der Waals surface area contributed by atoms with E-state index in [-0.39, 0.29) is 11.8 Å². The number of anilines is 1. The second-order valence-corrected chi connectivity index (χ2v) is 5.27. The number of hydrogen-bond acceptors (Lipinski definition) is 3. The number of carbonyl (C=O) groups is 2. The first-order valence-electron chi connectivity index (χ1n) is 7.13. The fraction of sp³-hybridized carbons (Fsp3) is 0.467. The molecule has 116 valence electrons. The monoisotopic (exact) mass is 311 g/mol. The highest BCUT2D eigenvalue weighted by atomic mass is 35.5. The van der Waals surface area contributed by atoms with Gasteiger partial charge in [0.2, 0.25) is 5.91 Å². The molecular weight excluding hydrogens is 290 g/mol. The van der Waals surface area contributed by atoms with Crippen LogP contribution >= 0.6 is 11.6 Å². The van der Waals surface area contributed by atoms with Crippen LogP contribution in [0.15, 0.2) is 18.2 Å². The molecule has 0 aliphatic heterocycles. The Balaban J connectivity index is 2.91. The van der Waals surface area contributed by atoms with Gasteiger partial charge in [-0.15, -0.1) is 0 Å². The summed E-state index contributed by atoms with van der Waals surface area (Å²) in [4.78, 5) is 24.1. The van der Waals surface area contributed by atoms with E-state index in [1.807, 2.05) is 13.8 Å². The zero-order valence-electron chi connectivity index (χ0n) is 12.4. The molecule has 0 aromatic heterocycles. The fourth-order valence-electron chi connectivity index (χ4n) is 1.82. The molecule has 2 amide bonds. The van der Waals surface area contributed by atoms with E-state index in [2.05, 4.69) is 10.6 Å². The number of rotatable bonds is 7. The summed E-state index contributed by atoms with van der Waals surface area (Å²) in [6.45, 7) is 4.49. The van der Waals surface area contributed by atoms with Crippen LogP contribution in [0.4, 0.5) is 5.69 Å². The third-order valence-corrected chi connectivity index (χ3v) is 3.19. The van der Waals surface area contributed by atoms with Crippen LogP contribution in [0, 0.1) is 0 Å². The smallest absolute Gasteiger partial charge is 0.253 e. The molecular formula is C15H22ClN3O2. The van der Waals surface area contributed by atoms with Gasteiger partial charge >= 0.3 is 0 Å². The molecule has 0 saturated heterocycles. The van der Waals surface area contributed by atoms with Crippen molar-refractivity contribution in [2.45, 2.75) is 39.2 Å². The van der Waals surface area contributed by atoms with E-state index in [1.165, 1.54) is 0 Å². The molecule has 1 atom stereocenters. The number of nitrogens with two attached hydrogens (primary N) is 1. The van der Waals surface area contributed by atoms with Gasteiger partial charge in [0.25, 0.3) is 5.91 Å². The van der Waals surface area contributed by atoms with Crippen molar-refractivity contribution in [1.82, 2.24) is 5.32 Å². The summed E-state index contributed by atoms with van der Waals surface area (Å²) < 4.78 is 0. The van der Waals surface area contributed by atoms with E-state index in [0.717, 1.165) is 12.8 Å². The van der Waals surface area contributed by atoms with Gasteiger partial charge < -0.3 is 16.4 Å². The fourth-order valence-corrected chi connectivity index (χ4v) is 1.99. The second-order valence-electron chi connectivity index (χ2n) is 4.83. The van der Waals surface area contributed by atoms with Crippen LogP contribution in [0.1, 0.15) is 43.5 Å². The van der Waals surface area contributed by atoms with Crippen LogP contribution in [0.2, 0.25) is 5.02 Å². The Hall–Kier alpha value is -1.59. The Morgan fingerprint density at radius 1 is 1.29 bits per heavy atom. The Bertz CT molecular complexity index is 506. The topological polar surface area (TPSA) is 84.2 Å². The highest BCUT2D eigenvalue weighted by Crippen LogP contribution is 2.21. The normalized spacial score (nSPS) is 11.8. The molecule has 0 radical (unpaired) electrons. The number of nitrogens with one attached hydrogen (secondary N) is 2. The summed E-state index contributed by atoms with van der Waals surface area (Å²) in [7, 11) is 0. The molecule has 5 nitrogen and oxygen atoms in total. The minimum absolute atomic E-state index is 0.243. The maximum absolute atomic E-state index is 12.1. The second kappa shape index (κ2) is 8.64. The van der Waals surface area contributed by atoms with E-state index in [1.54, 1.807) is 18.2 Å². The minimum atomic E-state index is -0.597. The molecule has 1 aromatic carbocycles. The SMILES string of the molecule is CCCNC(=O)c1ccc(Cl)cc1NC(=O)C(N)CCC. The molecule has 0 aliphatic carbocycles. The highest BCUT2D eigenvalue weighted by molar-refractivity contribution is 6.31. The van der Waals surface area contributed by atoms with Crippen molar-refractivity contribution in [1.29, 1.82) is 0 Å². The first-order chi connectivity index (χ1) is 9.99. The number of halogens is 1. The lowest BCUT2D eigenvalue weighted by atomic mass is 10.1. The maximum Gasteiger partial charge on any atom is 0.253 e. The lowest BCUT2D eigenvalue weighted by Gasteiger charge is -2.14. The number of amides is 2. The third-order valence-electron chi connectivity index (χ3n) is 2.96. The highest BCUT2D eigenvalue weighted by Gasteiger charge is 2.17. The van der Waals surface area contributed by atoms with Crippen LogP contribution < -0.4 is 16.4 Å². The van der Waals surface area contributed by atoms with Crippen molar-refractivity contribution in [3.05, 3.63) is 28.8 Å². The quantitative estimate of drug-likeness (QED) is 0.723. The van der Waals surface area contributed by atoms with Gasteiger partial charge in [-0.1, -0.05) is 31.9 Å². The van der Waals surface area contributed by atoms with E-state index in [4.69, 9.17) is 17.3 Å². The minimum Gasteiger partial charge on any atom is -0.352 e. The lowest BCUT2D eigenvalue weighted by Crippen LogP contribution is -2.36. The lowest BCUT2D eigenvalue weighted by molar-refractivity contribution is -0.117. The molecule has 4 N–H and O–H groups in total. The van der Waals surface area contributed by atoms with Crippen LogP contribution in [0.5, 0.6) is 0 Å². The molecule has 0 spiro atoms. The van der Waals surface area contributed by atoms with Crippen molar-refractivity contribution in [3.63, 3.8) is 0 Å². The van der Waals surface area contributed by atoms with E-state index in [9.17, 15) is 9.59 Å². The molecule has 0 aliphatic rings. The predicted octanol–water partition coefficient (Wildman–Crippen LogP) is 2.55. The Morgan fingerprint density at radius 2 is 2.00 bits per heavy atom. The van der Waals surface area contributed by atoms with Gasteiger partial charge in [0.1, 0.15) is 0 Å². The molecule has 1 rings (SSSR count). The van der Waals surface area contributed by atoms with Crippen molar-refractivity contribution in [2.75, 3.05) is 11.9 Å². The zero-order valence-corrected chi connectivity index (χ0v) is 13.2. The van der Waals surface area contributed by atoms with E-state index < -0.39 is 6.04 Å². The molecule has 1 aromatic rings. The van der Waals surface area contributed by atoms with Crippen LogP contribution in [-0.4, -0.2) is 24.4 Å². The maximum atomic E-state index is 12.1. The van der Waals surface area contributed by atoms with Gasteiger partial charge in [0.05, 0.1) is 17.3 Å². The molecule has 1 unspecified atom stereocenters. The summed E-state index contributed by atoms with van der Waals surface area (Å²) in [6.07, 6.45) is 2.24. The number of hydrogen-bond donors (Lipinski definition) is 3. The summed E-state index contributed by atoms with van der Waals surface area (Å²) in [6, 6.07) is 4.16. The number of carbonyl (C=O) groups excluding carboxylic acids is 2. The van der Waals surface area contributed by atoms with Crippen molar-refractivity contribution < 1.29 is 9.59 Å². The molecule has 0 fully saturated rings. The third kappa shape index (κ3) is 5.36. The predicted molar refractivity (Wildman–Crippen MR) is 85.6 cm³/mol. The Morgan fingerprint density at radius 3 is 2.62 bits per heavy atom. The van der Waals surface area contributed by atoms with Gasteiger partial charge in [-0.25, -0.2) is 0 Å². The number of benzene rings is 1. The molecule has 6 heteroatoms. The summed E-state index contributed by atoms with van der Waals surface area (Å²) in [5.41, 5.74) is 6.54. The van der Waals surface area contributed by atoms with Crippen molar-refractivity contribution >= 4 is 29.1 Å². The van der Waals surface area contributed by atoms with Crippen molar-refractivity contribution in [2.24, 2.45) is 5.73 Å². The standard InChI is InChI=1S/C15H22ClN3O2/c1-3-5-12(17)15(21)19-13-9-10(16)6-7-11(13)14(20)18-8-4-2/h6-7,9,12H,3-5,8,17H2,1-2H3,(H,18,20)(H,19,21). The Labute approximate surface area is 130 Å². The largest absolute Gasteiger partial charge is 0.352 e. The van der Waals surface area contributed by atoms with Crippen molar-refractivity contribution in [3.8, 4) is 0 Å². The molecule has 0 heterocycles. The summed E-state index contributed by atoms with van der Waals surface area (Å²) in [5, 5.41) is 5.90. The average Bonchev–Trinajstić information content (AvgIpc) is 2.45. The van der Waals surface area contributed by atoms with Gasteiger partial charge in [0.15, 0.2) is 0 Å². The first kappa shape index (κ1) is 17.5. The molecule has 0 saturated carbocycles. The van der Waals surface area contributed by atoms with E-state index >= 15 is 0 Å². The summed E-state index contributed by atoms with van der Waals surface area (Å²) in [5.74, 6) is -0.559. The average molecular weight is 312 g/mol.